The van der Waals surface area contributed by atoms with Crippen molar-refractivity contribution in [3.63, 3.8) is 0 Å². The van der Waals surface area contributed by atoms with E-state index in [1.807, 2.05) is 12.1 Å². The van der Waals surface area contributed by atoms with Crippen molar-refractivity contribution < 1.29 is 27.9 Å². The summed E-state index contributed by atoms with van der Waals surface area (Å²) in [5.41, 5.74) is 1.45. The van der Waals surface area contributed by atoms with Crippen molar-refractivity contribution in [1.29, 1.82) is 0 Å². The van der Waals surface area contributed by atoms with Gasteiger partial charge in [0.15, 0.2) is 14.6 Å². The zero-order valence-electron chi connectivity index (χ0n) is 15.1. The second-order valence-corrected chi connectivity index (χ2v) is 9.66. The molecule has 1 heterocycles. The molecule has 144 valence electrons. The van der Waals surface area contributed by atoms with E-state index in [9.17, 15) is 23.1 Å². The Balaban J connectivity index is 1.72. The number of hydrogen-bond acceptors (Lipinski definition) is 5. The molecular formula is C19H21NO6S. The summed E-state index contributed by atoms with van der Waals surface area (Å²) in [6, 6.07) is 7.10. The zero-order chi connectivity index (χ0) is 19.8. The maximum absolute atomic E-state index is 12.2. The van der Waals surface area contributed by atoms with Crippen LogP contribution in [0.15, 0.2) is 24.3 Å². The van der Waals surface area contributed by atoms with Crippen LogP contribution in [0.1, 0.15) is 31.7 Å². The molecule has 1 N–H and O–H groups in total. The third-order valence-electron chi connectivity index (χ3n) is 4.94. The molecule has 0 bridgehead atoms. The molecule has 1 saturated carbocycles. The van der Waals surface area contributed by atoms with E-state index in [0.29, 0.717) is 11.6 Å². The molecule has 0 spiro atoms. The monoisotopic (exact) mass is 391 g/mol. The van der Waals surface area contributed by atoms with E-state index in [0.717, 1.165) is 31.6 Å². The first kappa shape index (κ1) is 19.2. The quantitative estimate of drug-likeness (QED) is 0.771. The van der Waals surface area contributed by atoms with E-state index in [1.165, 1.54) is 4.90 Å². The highest BCUT2D eigenvalue weighted by atomic mass is 32.2. The molecule has 2 atom stereocenters. The van der Waals surface area contributed by atoms with Gasteiger partial charge < -0.3 is 9.84 Å². The number of ether oxygens (including phenoxy) is 1. The van der Waals surface area contributed by atoms with E-state index >= 15 is 0 Å². The van der Waals surface area contributed by atoms with Gasteiger partial charge in [0.1, 0.15) is 6.10 Å². The molecular weight excluding hydrogens is 370 g/mol. The lowest BCUT2D eigenvalue weighted by Gasteiger charge is -2.24. The third-order valence-corrected chi connectivity index (χ3v) is 6.92. The van der Waals surface area contributed by atoms with E-state index < -0.39 is 32.8 Å². The summed E-state index contributed by atoms with van der Waals surface area (Å²) in [6.45, 7) is 1.22. The fourth-order valence-corrected chi connectivity index (χ4v) is 3.61. The third kappa shape index (κ3) is 4.08. The van der Waals surface area contributed by atoms with Crippen molar-refractivity contribution in [2.24, 2.45) is 5.92 Å². The Kier molecular flexibility index (Phi) is 4.91. The number of carboxylic acids is 1. The lowest BCUT2D eigenvalue weighted by atomic mass is 10.0. The van der Waals surface area contributed by atoms with Gasteiger partial charge in [0.05, 0.1) is 6.54 Å². The van der Waals surface area contributed by atoms with Gasteiger partial charge in [-0.2, -0.15) is 0 Å². The Morgan fingerprint density at radius 3 is 2.48 bits per heavy atom. The molecule has 2 unspecified atom stereocenters. The van der Waals surface area contributed by atoms with Gasteiger partial charge in [-0.25, -0.2) is 13.2 Å². The zero-order valence-corrected chi connectivity index (χ0v) is 16.0. The van der Waals surface area contributed by atoms with Crippen LogP contribution in [0.25, 0.3) is 0 Å². The predicted octanol–water partition coefficient (Wildman–Crippen LogP) is 2.05. The molecule has 2 fully saturated rings. The lowest BCUT2D eigenvalue weighted by Crippen LogP contribution is -2.46. The molecule has 1 saturated heterocycles. The van der Waals surface area contributed by atoms with Gasteiger partial charge in [0, 0.05) is 29.8 Å². The summed E-state index contributed by atoms with van der Waals surface area (Å²) in [6.07, 6.45) is 1.40. The molecule has 1 aliphatic carbocycles. The summed E-state index contributed by atoms with van der Waals surface area (Å²) in [7, 11) is -3.89. The second-order valence-electron chi connectivity index (χ2n) is 7.22. The van der Waals surface area contributed by atoms with Crippen molar-refractivity contribution in [3.05, 3.63) is 29.8 Å². The molecule has 1 aliphatic heterocycles. The molecule has 0 aromatic heterocycles. The predicted molar refractivity (Wildman–Crippen MR) is 99.2 cm³/mol. The number of cyclic esters (lactones) is 1. The Labute approximate surface area is 158 Å². The molecule has 1 aromatic carbocycles. The number of benzene rings is 1. The Morgan fingerprint density at radius 1 is 1.33 bits per heavy atom. The Hall–Kier alpha value is -2.53. The average molecular weight is 391 g/mol. The van der Waals surface area contributed by atoms with Crippen LogP contribution in [-0.4, -0.2) is 49.2 Å². The van der Waals surface area contributed by atoms with Gasteiger partial charge in [0.2, 0.25) is 0 Å². The number of carboxylic acid groups (broad SMARTS) is 1. The number of sulfone groups is 1. The van der Waals surface area contributed by atoms with Crippen molar-refractivity contribution in [3.8, 4) is 11.8 Å². The maximum Gasteiger partial charge on any atom is 0.414 e. The van der Waals surface area contributed by atoms with Crippen molar-refractivity contribution in [1.82, 2.24) is 0 Å². The van der Waals surface area contributed by atoms with E-state index in [-0.39, 0.29) is 13.0 Å². The number of nitrogens with zero attached hydrogens (tertiary/aromatic N) is 1. The summed E-state index contributed by atoms with van der Waals surface area (Å²) in [4.78, 5) is 25.0. The van der Waals surface area contributed by atoms with Crippen LogP contribution in [0.3, 0.4) is 0 Å². The number of carbonyl (C=O) groups is 2. The molecule has 8 heteroatoms. The van der Waals surface area contributed by atoms with Gasteiger partial charge in [-0.05, 0) is 44.0 Å². The number of hydrogen-bond donors (Lipinski definition) is 1. The summed E-state index contributed by atoms with van der Waals surface area (Å²) in [5, 5.41) is 9.36. The van der Waals surface area contributed by atoms with Crippen molar-refractivity contribution >= 4 is 27.6 Å². The standard InChI is InChI=1S/C19H21NO6S/c1-19(17(21)22,27(2,24)25)11-16-12-20(18(23)26-16)15-9-7-14(8-10-15)6-5-13-3-4-13/h7-10,13,16H,3-4,11-12H2,1-2H3,(H,21,22). The first-order valence-electron chi connectivity index (χ1n) is 8.63. The molecule has 2 aliphatic rings. The summed E-state index contributed by atoms with van der Waals surface area (Å²) in [5.74, 6) is 5.29. The average Bonchev–Trinajstić information content (AvgIpc) is 3.35. The normalized spacial score (nSPS) is 21.8. The summed E-state index contributed by atoms with van der Waals surface area (Å²) >= 11 is 0. The number of aliphatic carboxylic acids is 1. The molecule has 1 aromatic rings. The van der Waals surface area contributed by atoms with Gasteiger partial charge in [-0.1, -0.05) is 11.8 Å². The fourth-order valence-electron chi connectivity index (χ4n) is 2.81. The highest BCUT2D eigenvalue weighted by Gasteiger charge is 2.48. The van der Waals surface area contributed by atoms with E-state index in [4.69, 9.17) is 4.74 Å². The number of carbonyl (C=O) groups excluding carboxylic acids is 1. The second kappa shape index (κ2) is 6.89. The van der Waals surface area contributed by atoms with Crippen LogP contribution in [0.4, 0.5) is 10.5 Å². The van der Waals surface area contributed by atoms with Crippen LogP contribution in [0, 0.1) is 17.8 Å². The smallest absolute Gasteiger partial charge is 0.414 e. The van der Waals surface area contributed by atoms with Crippen LogP contribution >= 0.6 is 0 Å². The van der Waals surface area contributed by atoms with Gasteiger partial charge in [-0.3, -0.25) is 9.69 Å². The highest BCUT2D eigenvalue weighted by molar-refractivity contribution is 7.92. The fraction of sp³-hybridized carbons (Fsp3) is 0.474. The number of amides is 1. The van der Waals surface area contributed by atoms with Crippen molar-refractivity contribution in [2.75, 3.05) is 17.7 Å². The molecule has 27 heavy (non-hydrogen) atoms. The summed E-state index contributed by atoms with van der Waals surface area (Å²) < 4.78 is 27.0. The van der Waals surface area contributed by atoms with Crippen LogP contribution in [-0.2, 0) is 19.4 Å². The minimum atomic E-state index is -3.89. The molecule has 1 amide bonds. The Bertz CT molecular complexity index is 923. The van der Waals surface area contributed by atoms with Gasteiger partial charge in [-0.15, -0.1) is 0 Å². The first-order chi connectivity index (χ1) is 12.6. The minimum Gasteiger partial charge on any atom is -0.480 e. The molecule has 0 radical (unpaired) electrons. The first-order valence-corrected chi connectivity index (χ1v) is 10.5. The topological polar surface area (TPSA) is 101 Å². The van der Waals surface area contributed by atoms with Gasteiger partial charge >= 0.3 is 12.1 Å². The van der Waals surface area contributed by atoms with Crippen LogP contribution < -0.4 is 4.90 Å². The van der Waals surface area contributed by atoms with E-state index in [2.05, 4.69) is 11.8 Å². The molecule has 3 rings (SSSR count). The van der Waals surface area contributed by atoms with Crippen molar-refractivity contribution in [2.45, 2.75) is 37.0 Å². The number of rotatable bonds is 5. The van der Waals surface area contributed by atoms with E-state index in [1.54, 1.807) is 12.1 Å². The highest BCUT2D eigenvalue weighted by Crippen LogP contribution is 2.30. The Morgan fingerprint density at radius 2 is 1.96 bits per heavy atom. The number of anilines is 1. The maximum atomic E-state index is 12.2. The van der Waals surface area contributed by atoms with Crippen LogP contribution in [0.5, 0.6) is 0 Å². The SMILES string of the molecule is CC(CC1CN(c2ccc(C#CC3CC3)cc2)C(=O)O1)(C(=O)O)S(C)(=O)=O. The van der Waals surface area contributed by atoms with Crippen LogP contribution in [0.2, 0.25) is 0 Å². The van der Waals surface area contributed by atoms with Gasteiger partial charge in [0.25, 0.3) is 0 Å². The largest absolute Gasteiger partial charge is 0.480 e. The molecule has 7 nitrogen and oxygen atoms in total. The minimum absolute atomic E-state index is 0.0876. The lowest BCUT2D eigenvalue weighted by molar-refractivity contribution is -0.140.